The minimum atomic E-state index is 0.297. The normalized spacial score (nSPS) is 12.9. The first-order valence-corrected chi connectivity index (χ1v) is 5.54. The molecule has 0 heterocycles. The number of phenols is 1. The van der Waals surface area contributed by atoms with E-state index in [0.717, 1.165) is 16.5 Å². The van der Waals surface area contributed by atoms with Crippen LogP contribution in [0.3, 0.4) is 0 Å². The Kier molecular flexibility index (Phi) is 3.96. The van der Waals surface area contributed by atoms with Crippen LogP contribution in [0.25, 0.3) is 0 Å². The predicted octanol–water partition coefficient (Wildman–Crippen LogP) is 2.92. The van der Waals surface area contributed by atoms with E-state index in [0.29, 0.717) is 18.2 Å². The highest BCUT2D eigenvalue weighted by Crippen LogP contribution is 2.31. The van der Waals surface area contributed by atoms with Gasteiger partial charge >= 0.3 is 0 Å². The first-order valence-electron chi connectivity index (χ1n) is 4.75. The van der Waals surface area contributed by atoms with E-state index in [2.05, 4.69) is 22.9 Å². The molecule has 1 atom stereocenters. The lowest BCUT2D eigenvalue weighted by atomic mass is 9.94. The molecule has 1 aromatic carbocycles. The van der Waals surface area contributed by atoms with Crippen LogP contribution in [-0.2, 0) is 0 Å². The lowest BCUT2D eigenvalue weighted by molar-refractivity contribution is 0.470. The van der Waals surface area contributed by atoms with Gasteiger partial charge in [-0.05, 0) is 65.0 Å². The average molecular weight is 258 g/mol. The zero-order valence-corrected chi connectivity index (χ0v) is 10.1. The Bertz CT molecular complexity index is 325. The van der Waals surface area contributed by atoms with Crippen molar-refractivity contribution in [2.75, 3.05) is 6.54 Å². The van der Waals surface area contributed by atoms with Crippen LogP contribution >= 0.6 is 15.9 Å². The first-order chi connectivity index (χ1) is 6.56. The van der Waals surface area contributed by atoms with Gasteiger partial charge in [0.05, 0.1) is 4.47 Å². The molecule has 0 bridgehead atoms. The fourth-order valence-corrected chi connectivity index (χ4v) is 1.98. The molecule has 0 aromatic heterocycles. The third kappa shape index (κ3) is 2.49. The first kappa shape index (κ1) is 11.5. The third-order valence-electron chi connectivity index (χ3n) is 2.47. The molecule has 2 nitrogen and oxygen atoms in total. The molecular formula is C11H16BrNO. The number of hydrogen-bond acceptors (Lipinski definition) is 2. The molecule has 0 amide bonds. The van der Waals surface area contributed by atoms with Crippen molar-refractivity contribution in [3.63, 3.8) is 0 Å². The molecule has 0 saturated heterocycles. The molecule has 1 unspecified atom stereocenters. The standard InChI is InChI=1S/C11H16BrNO/c1-7(3-4-13)9-6-10(12)11(14)5-8(9)2/h5-7,14H,3-4,13H2,1-2H3. The smallest absolute Gasteiger partial charge is 0.130 e. The third-order valence-corrected chi connectivity index (χ3v) is 3.10. The van der Waals surface area contributed by atoms with Crippen LogP contribution in [0.4, 0.5) is 0 Å². The Morgan fingerprint density at radius 1 is 1.50 bits per heavy atom. The fraction of sp³-hybridized carbons (Fsp3) is 0.455. The van der Waals surface area contributed by atoms with Gasteiger partial charge in [-0.15, -0.1) is 0 Å². The molecule has 0 aliphatic heterocycles. The molecule has 1 rings (SSSR count). The van der Waals surface area contributed by atoms with Crippen molar-refractivity contribution in [2.24, 2.45) is 5.73 Å². The predicted molar refractivity (Wildman–Crippen MR) is 62.6 cm³/mol. The quantitative estimate of drug-likeness (QED) is 0.875. The minimum absolute atomic E-state index is 0.297. The van der Waals surface area contributed by atoms with Gasteiger partial charge in [-0.2, -0.15) is 0 Å². The van der Waals surface area contributed by atoms with E-state index in [-0.39, 0.29) is 0 Å². The average Bonchev–Trinajstić information content (AvgIpc) is 2.11. The maximum Gasteiger partial charge on any atom is 0.130 e. The molecule has 1 aromatic rings. The Morgan fingerprint density at radius 3 is 2.71 bits per heavy atom. The molecule has 3 N–H and O–H groups in total. The maximum absolute atomic E-state index is 9.46. The van der Waals surface area contributed by atoms with E-state index in [4.69, 9.17) is 5.73 Å². The van der Waals surface area contributed by atoms with Crippen LogP contribution in [0.5, 0.6) is 5.75 Å². The van der Waals surface area contributed by atoms with Gasteiger partial charge in [-0.3, -0.25) is 0 Å². The number of hydrogen-bond donors (Lipinski definition) is 2. The number of phenolic OH excluding ortho intramolecular Hbond substituents is 1. The molecule has 3 heteroatoms. The van der Waals surface area contributed by atoms with Crippen molar-refractivity contribution >= 4 is 15.9 Å². The second kappa shape index (κ2) is 4.80. The second-order valence-corrected chi connectivity index (χ2v) is 4.49. The number of rotatable bonds is 3. The van der Waals surface area contributed by atoms with Crippen LogP contribution in [0.2, 0.25) is 0 Å². The molecule has 0 radical (unpaired) electrons. The van der Waals surface area contributed by atoms with Crippen molar-refractivity contribution in [2.45, 2.75) is 26.2 Å². The van der Waals surface area contributed by atoms with Crippen molar-refractivity contribution in [1.29, 1.82) is 0 Å². The summed E-state index contributed by atoms with van der Waals surface area (Å²) in [5.74, 6) is 0.739. The topological polar surface area (TPSA) is 46.2 Å². The highest BCUT2D eigenvalue weighted by Gasteiger charge is 2.10. The molecule has 0 aliphatic rings. The summed E-state index contributed by atoms with van der Waals surface area (Å²) in [6.45, 7) is 4.85. The van der Waals surface area contributed by atoms with Gasteiger partial charge in [0.1, 0.15) is 5.75 Å². The minimum Gasteiger partial charge on any atom is -0.507 e. The molecule has 0 spiro atoms. The molecule has 14 heavy (non-hydrogen) atoms. The molecular weight excluding hydrogens is 242 g/mol. The van der Waals surface area contributed by atoms with Crippen molar-refractivity contribution < 1.29 is 5.11 Å². The summed E-state index contributed by atoms with van der Waals surface area (Å²) >= 11 is 3.32. The zero-order valence-electron chi connectivity index (χ0n) is 8.55. The lowest BCUT2D eigenvalue weighted by Crippen LogP contribution is -2.05. The summed E-state index contributed by atoms with van der Waals surface area (Å²) in [4.78, 5) is 0. The SMILES string of the molecule is Cc1cc(O)c(Br)cc1C(C)CCN. The molecule has 0 saturated carbocycles. The van der Waals surface area contributed by atoms with E-state index in [1.54, 1.807) is 6.07 Å². The monoisotopic (exact) mass is 257 g/mol. The van der Waals surface area contributed by atoms with Crippen LogP contribution < -0.4 is 5.73 Å². The van der Waals surface area contributed by atoms with Gasteiger partial charge in [0, 0.05) is 0 Å². The molecule has 0 aliphatic carbocycles. The van der Waals surface area contributed by atoms with E-state index in [9.17, 15) is 5.11 Å². The summed E-state index contributed by atoms with van der Waals surface area (Å²) in [6.07, 6.45) is 0.970. The van der Waals surface area contributed by atoms with Crippen LogP contribution in [0.1, 0.15) is 30.4 Å². The van der Waals surface area contributed by atoms with Crippen molar-refractivity contribution in [3.05, 3.63) is 27.7 Å². The van der Waals surface area contributed by atoms with Crippen molar-refractivity contribution in [3.8, 4) is 5.75 Å². The maximum atomic E-state index is 9.46. The second-order valence-electron chi connectivity index (χ2n) is 3.64. The Hall–Kier alpha value is -0.540. The fourth-order valence-electron chi connectivity index (χ4n) is 1.62. The van der Waals surface area contributed by atoms with Gasteiger partial charge in [-0.25, -0.2) is 0 Å². The van der Waals surface area contributed by atoms with E-state index in [1.807, 2.05) is 13.0 Å². The highest BCUT2D eigenvalue weighted by atomic mass is 79.9. The summed E-state index contributed by atoms with van der Waals surface area (Å²) in [5.41, 5.74) is 7.89. The molecule has 0 fully saturated rings. The van der Waals surface area contributed by atoms with Crippen LogP contribution in [0, 0.1) is 6.92 Å². The van der Waals surface area contributed by atoms with Gasteiger partial charge in [0.15, 0.2) is 0 Å². The van der Waals surface area contributed by atoms with Crippen molar-refractivity contribution in [1.82, 2.24) is 0 Å². The van der Waals surface area contributed by atoms with Gasteiger partial charge in [-0.1, -0.05) is 6.92 Å². The number of nitrogens with two attached hydrogens (primary N) is 1. The Morgan fingerprint density at radius 2 is 2.14 bits per heavy atom. The highest BCUT2D eigenvalue weighted by molar-refractivity contribution is 9.10. The number of benzene rings is 1. The summed E-state index contributed by atoms with van der Waals surface area (Å²) in [5, 5.41) is 9.46. The molecule has 78 valence electrons. The van der Waals surface area contributed by atoms with Gasteiger partial charge in [0.2, 0.25) is 0 Å². The number of halogens is 1. The lowest BCUT2D eigenvalue weighted by Gasteiger charge is -2.14. The largest absolute Gasteiger partial charge is 0.507 e. The number of aryl methyl sites for hydroxylation is 1. The Labute approximate surface area is 93.3 Å². The van der Waals surface area contributed by atoms with Gasteiger partial charge in [0.25, 0.3) is 0 Å². The Balaban J connectivity index is 3.02. The van der Waals surface area contributed by atoms with E-state index in [1.165, 1.54) is 5.56 Å². The summed E-state index contributed by atoms with van der Waals surface area (Å²) in [7, 11) is 0. The van der Waals surface area contributed by atoms with E-state index >= 15 is 0 Å². The summed E-state index contributed by atoms with van der Waals surface area (Å²) < 4.78 is 0.752. The van der Waals surface area contributed by atoms with Crippen LogP contribution in [-0.4, -0.2) is 11.7 Å². The zero-order chi connectivity index (χ0) is 10.7. The van der Waals surface area contributed by atoms with Crippen LogP contribution in [0.15, 0.2) is 16.6 Å². The summed E-state index contributed by atoms with van der Waals surface area (Å²) in [6, 6.07) is 3.76. The van der Waals surface area contributed by atoms with E-state index < -0.39 is 0 Å². The van der Waals surface area contributed by atoms with Gasteiger partial charge < -0.3 is 10.8 Å². The number of aromatic hydroxyl groups is 1.